The van der Waals surface area contributed by atoms with Crippen LogP contribution < -0.4 is 0 Å². The molecular formula is C17H25FO. The van der Waals surface area contributed by atoms with Crippen molar-refractivity contribution in [3.8, 4) is 0 Å². The quantitative estimate of drug-likeness (QED) is 0.427. The number of hydrogen-bond acceptors (Lipinski definition) is 1. The Morgan fingerprint density at radius 2 is 1.68 bits per heavy atom. The topological polar surface area (TPSA) is 17.1 Å². The summed E-state index contributed by atoms with van der Waals surface area (Å²) in [7, 11) is 0. The Bertz CT molecular complexity index is 398. The van der Waals surface area contributed by atoms with Crippen LogP contribution in [0.3, 0.4) is 0 Å². The highest BCUT2D eigenvalue weighted by Crippen LogP contribution is 2.15. The van der Waals surface area contributed by atoms with Crippen LogP contribution in [0.25, 0.3) is 0 Å². The van der Waals surface area contributed by atoms with Gasteiger partial charge in [-0.2, -0.15) is 0 Å². The van der Waals surface area contributed by atoms with E-state index in [1.165, 1.54) is 38.2 Å². The first-order valence-electron chi connectivity index (χ1n) is 7.44. The standard InChI is InChI=1S/C17H25FO/c1-3-4-5-6-7-8-9-10-17(19)15-13-14(2)11-12-16(15)18/h11-13H,3-10H2,1-2H3. The largest absolute Gasteiger partial charge is 0.294 e. The maximum absolute atomic E-state index is 13.5. The fraction of sp³-hybridized carbons (Fsp3) is 0.588. The van der Waals surface area contributed by atoms with Crippen LogP contribution >= 0.6 is 0 Å². The molecule has 2 heteroatoms. The van der Waals surface area contributed by atoms with Gasteiger partial charge in [-0.15, -0.1) is 0 Å². The number of unbranched alkanes of at least 4 members (excludes halogenated alkanes) is 6. The molecule has 0 atom stereocenters. The molecule has 19 heavy (non-hydrogen) atoms. The van der Waals surface area contributed by atoms with E-state index in [0.717, 1.165) is 18.4 Å². The molecule has 0 bridgehead atoms. The highest BCUT2D eigenvalue weighted by Gasteiger charge is 2.11. The lowest BCUT2D eigenvalue weighted by Crippen LogP contribution is -2.02. The van der Waals surface area contributed by atoms with Crippen molar-refractivity contribution in [3.63, 3.8) is 0 Å². The van der Waals surface area contributed by atoms with Crippen LogP contribution in [0.5, 0.6) is 0 Å². The first-order valence-corrected chi connectivity index (χ1v) is 7.44. The third-order valence-corrected chi connectivity index (χ3v) is 3.43. The highest BCUT2D eigenvalue weighted by atomic mass is 19.1. The van der Waals surface area contributed by atoms with E-state index in [-0.39, 0.29) is 11.3 Å². The summed E-state index contributed by atoms with van der Waals surface area (Å²) in [6.07, 6.45) is 8.69. The smallest absolute Gasteiger partial charge is 0.165 e. The van der Waals surface area contributed by atoms with Crippen LogP contribution in [-0.4, -0.2) is 5.78 Å². The highest BCUT2D eigenvalue weighted by molar-refractivity contribution is 5.96. The normalized spacial score (nSPS) is 10.7. The second kappa shape index (κ2) is 8.84. The summed E-state index contributed by atoms with van der Waals surface area (Å²) in [6, 6.07) is 4.73. The van der Waals surface area contributed by atoms with Gasteiger partial charge in [0.15, 0.2) is 5.78 Å². The minimum atomic E-state index is -0.390. The van der Waals surface area contributed by atoms with Crippen molar-refractivity contribution < 1.29 is 9.18 Å². The van der Waals surface area contributed by atoms with E-state index in [1.807, 2.05) is 6.92 Å². The molecule has 0 saturated heterocycles. The third-order valence-electron chi connectivity index (χ3n) is 3.43. The van der Waals surface area contributed by atoms with Crippen molar-refractivity contribution in [2.24, 2.45) is 0 Å². The minimum absolute atomic E-state index is 0.0604. The predicted molar refractivity (Wildman–Crippen MR) is 78.1 cm³/mol. The fourth-order valence-electron chi connectivity index (χ4n) is 2.23. The van der Waals surface area contributed by atoms with E-state index in [9.17, 15) is 9.18 Å². The number of rotatable bonds is 9. The molecule has 1 nitrogen and oxygen atoms in total. The monoisotopic (exact) mass is 264 g/mol. The molecule has 0 aromatic heterocycles. The Kier molecular flexibility index (Phi) is 7.39. The molecule has 0 radical (unpaired) electrons. The molecule has 1 aromatic rings. The molecule has 0 spiro atoms. The number of hydrogen-bond donors (Lipinski definition) is 0. The van der Waals surface area contributed by atoms with E-state index >= 15 is 0 Å². The maximum atomic E-state index is 13.5. The Balaban J connectivity index is 2.26. The number of aryl methyl sites for hydroxylation is 1. The molecule has 106 valence electrons. The number of carbonyl (C=O) groups is 1. The van der Waals surface area contributed by atoms with E-state index in [4.69, 9.17) is 0 Å². The molecule has 0 unspecified atom stereocenters. The molecule has 0 aliphatic rings. The van der Waals surface area contributed by atoms with Crippen molar-refractivity contribution >= 4 is 5.78 Å². The van der Waals surface area contributed by atoms with Gasteiger partial charge in [-0.25, -0.2) is 4.39 Å². The van der Waals surface area contributed by atoms with E-state index in [0.29, 0.717) is 6.42 Å². The lowest BCUT2D eigenvalue weighted by Gasteiger charge is -2.04. The van der Waals surface area contributed by atoms with Gasteiger partial charge in [0.1, 0.15) is 5.82 Å². The van der Waals surface area contributed by atoms with Crippen molar-refractivity contribution in [2.45, 2.75) is 65.2 Å². The van der Waals surface area contributed by atoms with Crippen LogP contribution in [0.2, 0.25) is 0 Å². The fourth-order valence-corrected chi connectivity index (χ4v) is 2.23. The first kappa shape index (κ1) is 15.9. The second-order valence-electron chi connectivity index (χ2n) is 5.28. The number of benzene rings is 1. The Morgan fingerprint density at radius 1 is 1.05 bits per heavy atom. The van der Waals surface area contributed by atoms with E-state index in [1.54, 1.807) is 12.1 Å². The van der Waals surface area contributed by atoms with Gasteiger partial charge in [0.2, 0.25) is 0 Å². The summed E-state index contributed by atoms with van der Waals surface area (Å²) in [5.74, 6) is -0.451. The number of halogens is 1. The molecule has 0 aliphatic heterocycles. The first-order chi connectivity index (χ1) is 9.15. The SMILES string of the molecule is CCCCCCCCCC(=O)c1cc(C)ccc1F. The summed E-state index contributed by atoms with van der Waals surface area (Å²) in [5.41, 5.74) is 1.19. The zero-order valence-corrected chi connectivity index (χ0v) is 12.2. The van der Waals surface area contributed by atoms with Crippen molar-refractivity contribution in [3.05, 3.63) is 35.1 Å². The maximum Gasteiger partial charge on any atom is 0.165 e. The number of carbonyl (C=O) groups excluding carboxylic acids is 1. The van der Waals surface area contributed by atoms with Gasteiger partial charge in [0.05, 0.1) is 5.56 Å². The van der Waals surface area contributed by atoms with Crippen LogP contribution in [0, 0.1) is 12.7 Å². The summed E-state index contributed by atoms with van der Waals surface area (Å²) < 4.78 is 13.5. The third kappa shape index (κ3) is 6.00. The van der Waals surface area contributed by atoms with Gasteiger partial charge in [-0.3, -0.25) is 4.79 Å². The van der Waals surface area contributed by atoms with Gasteiger partial charge < -0.3 is 0 Å². The number of Topliss-reactive ketones (excluding diaryl/α,β-unsaturated/α-hetero) is 1. The van der Waals surface area contributed by atoms with Gasteiger partial charge >= 0.3 is 0 Å². The lowest BCUT2D eigenvalue weighted by molar-refractivity contribution is 0.0975. The van der Waals surface area contributed by atoms with Crippen LogP contribution in [0.15, 0.2) is 18.2 Å². The average molecular weight is 264 g/mol. The molecule has 1 aromatic carbocycles. The lowest BCUT2D eigenvalue weighted by atomic mass is 10.0. The van der Waals surface area contributed by atoms with Gasteiger partial charge in [-0.05, 0) is 25.5 Å². The molecule has 0 aliphatic carbocycles. The van der Waals surface area contributed by atoms with Gasteiger partial charge in [0, 0.05) is 6.42 Å². The second-order valence-corrected chi connectivity index (χ2v) is 5.28. The summed E-state index contributed by atoms with van der Waals surface area (Å²) in [5, 5.41) is 0. The van der Waals surface area contributed by atoms with Crippen LogP contribution in [0.4, 0.5) is 4.39 Å². The minimum Gasteiger partial charge on any atom is -0.294 e. The van der Waals surface area contributed by atoms with E-state index in [2.05, 4.69) is 6.92 Å². The molecule has 0 saturated carbocycles. The van der Waals surface area contributed by atoms with Crippen molar-refractivity contribution in [1.29, 1.82) is 0 Å². The molecule has 0 heterocycles. The Labute approximate surface area is 116 Å². The predicted octanol–water partition coefficient (Wildman–Crippen LogP) is 5.46. The molecule has 0 N–H and O–H groups in total. The van der Waals surface area contributed by atoms with Gasteiger partial charge in [-0.1, -0.05) is 57.1 Å². The van der Waals surface area contributed by atoms with Crippen molar-refractivity contribution in [1.82, 2.24) is 0 Å². The molecular weight excluding hydrogens is 239 g/mol. The van der Waals surface area contributed by atoms with Crippen LogP contribution in [0.1, 0.15) is 74.2 Å². The summed E-state index contributed by atoms with van der Waals surface area (Å²) in [4.78, 5) is 11.9. The molecule has 0 fully saturated rings. The summed E-state index contributed by atoms with van der Waals surface area (Å²) in [6.45, 7) is 4.08. The number of ketones is 1. The van der Waals surface area contributed by atoms with Crippen molar-refractivity contribution in [2.75, 3.05) is 0 Å². The van der Waals surface area contributed by atoms with E-state index < -0.39 is 5.82 Å². The average Bonchev–Trinajstić information content (AvgIpc) is 2.40. The van der Waals surface area contributed by atoms with Crippen LogP contribution in [-0.2, 0) is 0 Å². The molecule has 1 rings (SSSR count). The summed E-state index contributed by atoms with van der Waals surface area (Å²) >= 11 is 0. The zero-order valence-electron chi connectivity index (χ0n) is 12.2. The zero-order chi connectivity index (χ0) is 14.1. The Morgan fingerprint density at radius 3 is 2.37 bits per heavy atom. The van der Waals surface area contributed by atoms with Gasteiger partial charge in [0.25, 0.3) is 0 Å². The Hall–Kier alpha value is -1.18. The molecule has 0 amide bonds.